The maximum absolute atomic E-state index is 3.56. The van der Waals surface area contributed by atoms with Crippen LogP contribution in [0.2, 0.25) is 0 Å². The fourth-order valence-electron chi connectivity index (χ4n) is 3.40. The summed E-state index contributed by atoms with van der Waals surface area (Å²) in [6.45, 7) is 17.9. The standard InChI is InChI=1S/C17H36N2/c1-6-9-17(5,14-18-8-3)15-19-12-10-16(4,7-2)11-13-19/h18H,6-15H2,1-5H3. The lowest BCUT2D eigenvalue weighted by Gasteiger charge is -2.43. The number of nitrogens with zero attached hydrogens (tertiary/aromatic N) is 1. The number of rotatable bonds is 8. The number of piperidine rings is 1. The van der Waals surface area contributed by atoms with Crippen molar-refractivity contribution in [3.05, 3.63) is 0 Å². The molecule has 0 aromatic rings. The molecule has 2 heteroatoms. The van der Waals surface area contributed by atoms with Crippen LogP contribution in [0.4, 0.5) is 0 Å². The van der Waals surface area contributed by atoms with Gasteiger partial charge in [0.05, 0.1) is 0 Å². The predicted molar refractivity (Wildman–Crippen MR) is 85.6 cm³/mol. The summed E-state index contributed by atoms with van der Waals surface area (Å²) in [6, 6.07) is 0. The fourth-order valence-corrected chi connectivity index (χ4v) is 3.40. The third-order valence-electron chi connectivity index (χ3n) is 5.18. The Hall–Kier alpha value is -0.0800. The summed E-state index contributed by atoms with van der Waals surface area (Å²) >= 11 is 0. The average Bonchev–Trinajstić information content (AvgIpc) is 2.40. The van der Waals surface area contributed by atoms with Crippen molar-refractivity contribution in [3.8, 4) is 0 Å². The molecule has 0 aliphatic carbocycles. The van der Waals surface area contributed by atoms with Gasteiger partial charge in [-0.05, 0) is 49.7 Å². The van der Waals surface area contributed by atoms with E-state index in [0.29, 0.717) is 10.8 Å². The Morgan fingerprint density at radius 1 is 1.16 bits per heavy atom. The van der Waals surface area contributed by atoms with Crippen LogP contribution in [0.1, 0.15) is 66.7 Å². The Labute approximate surface area is 121 Å². The maximum Gasteiger partial charge on any atom is 0.00475 e. The normalized spacial score (nSPS) is 23.2. The van der Waals surface area contributed by atoms with E-state index in [4.69, 9.17) is 0 Å². The maximum atomic E-state index is 3.56. The molecule has 1 N–H and O–H groups in total. The van der Waals surface area contributed by atoms with Crippen LogP contribution in [-0.2, 0) is 0 Å². The molecule has 0 aromatic heterocycles. The Bertz CT molecular complexity index is 244. The van der Waals surface area contributed by atoms with Crippen molar-refractivity contribution >= 4 is 0 Å². The van der Waals surface area contributed by atoms with Crippen molar-refractivity contribution in [2.24, 2.45) is 10.8 Å². The summed E-state index contributed by atoms with van der Waals surface area (Å²) in [5.41, 5.74) is 1.06. The first-order valence-electron chi connectivity index (χ1n) is 8.40. The van der Waals surface area contributed by atoms with Gasteiger partial charge in [-0.3, -0.25) is 0 Å². The van der Waals surface area contributed by atoms with E-state index in [9.17, 15) is 0 Å². The molecular weight excluding hydrogens is 232 g/mol. The summed E-state index contributed by atoms with van der Waals surface area (Å²) in [6.07, 6.45) is 6.73. The van der Waals surface area contributed by atoms with E-state index in [1.165, 1.54) is 58.3 Å². The molecule has 0 amide bonds. The van der Waals surface area contributed by atoms with Gasteiger partial charge in [0.25, 0.3) is 0 Å². The molecule has 19 heavy (non-hydrogen) atoms. The minimum atomic E-state index is 0.449. The first kappa shape index (κ1) is 17.0. The van der Waals surface area contributed by atoms with Crippen molar-refractivity contribution < 1.29 is 0 Å². The first-order valence-corrected chi connectivity index (χ1v) is 8.40. The van der Waals surface area contributed by atoms with Gasteiger partial charge in [0.2, 0.25) is 0 Å². The van der Waals surface area contributed by atoms with Crippen molar-refractivity contribution in [3.63, 3.8) is 0 Å². The van der Waals surface area contributed by atoms with Crippen molar-refractivity contribution in [1.82, 2.24) is 10.2 Å². The van der Waals surface area contributed by atoms with Gasteiger partial charge >= 0.3 is 0 Å². The minimum Gasteiger partial charge on any atom is -0.316 e. The van der Waals surface area contributed by atoms with Crippen LogP contribution in [0.25, 0.3) is 0 Å². The summed E-state index contributed by atoms with van der Waals surface area (Å²) in [4.78, 5) is 2.71. The molecule has 1 heterocycles. The lowest BCUT2D eigenvalue weighted by molar-refractivity contribution is 0.0734. The van der Waals surface area contributed by atoms with Crippen LogP contribution in [0.3, 0.4) is 0 Å². The predicted octanol–water partition coefficient (Wildman–Crippen LogP) is 3.91. The monoisotopic (exact) mass is 268 g/mol. The van der Waals surface area contributed by atoms with E-state index in [1.54, 1.807) is 0 Å². The van der Waals surface area contributed by atoms with Gasteiger partial charge < -0.3 is 10.2 Å². The molecule has 0 saturated carbocycles. The Kier molecular flexibility index (Phi) is 6.82. The van der Waals surface area contributed by atoms with E-state index in [2.05, 4.69) is 44.8 Å². The summed E-state index contributed by atoms with van der Waals surface area (Å²) in [5.74, 6) is 0. The molecule has 114 valence electrons. The van der Waals surface area contributed by atoms with E-state index < -0.39 is 0 Å². The minimum absolute atomic E-state index is 0.449. The highest BCUT2D eigenvalue weighted by molar-refractivity contribution is 4.86. The Morgan fingerprint density at radius 3 is 2.26 bits per heavy atom. The zero-order valence-electron chi connectivity index (χ0n) is 14.0. The number of hydrogen-bond acceptors (Lipinski definition) is 2. The van der Waals surface area contributed by atoms with E-state index in [1.807, 2.05) is 0 Å². The Balaban J connectivity index is 2.47. The second-order valence-electron chi connectivity index (χ2n) is 7.28. The van der Waals surface area contributed by atoms with Crippen LogP contribution in [0, 0.1) is 10.8 Å². The second-order valence-corrected chi connectivity index (χ2v) is 7.28. The quantitative estimate of drug-likeness (QED) is 0.718. The van der Waals surface area contributed by atoms with Gasteiger partial charge in [-0.15, -0.1) is 0 Å². The highest BCUT2D eigenvalue weighted by Crippen LogP contribution is 2.35. The van der Waals surface area contributed by atoms with Crippen molar-refractivity contribution in [1.29, 1.82) is 0 Å². The van der Waals surface area contributed by atoms with Gasteiger partial charge in [0.15, 0.2) is 0 Å². The Morgan fingerprint density at radius 2 is 1.79 bits per heavy atom. The van der Waals surface area contributed by atoms with Crippen molar-refractivity contribution in [2.45, 2.75) is 66.7 Å². The molecule has 0 spiro atoms. The second kappa shape index (κ2) is 7.64. The fraction of sp³-hybridized carbons (Fsp3) is 1.00. The molecule has 1 unspecified atom stereocenters. The molecule has 0 aromatic carbocycles. The summed E-state index contributed by atoms with van der Waals surface area (Å²) in [5, 5.41) is 3.56. The highest BCUT2D eigenvalue weighted by Gasteiger charge is 2.32. The molecule has 2 nitrogen and oxygen atoms in total. The average molecular weight is 268 g/mol. The van der Waals surface area contributed by atoms with Crippen LogP contribution in [0.5, 0.6) is 0 Å². The molecule has 1 rings (SSSR count). The van der Waals surface area contributed by atoms with E-state index >= 15 is 0 Å². The van der Waals surface area contributed by atoms with E-state index in [0.717, 1.165) is 6.54 Å². The zero-order valence-corrected chi connectivity index (χ0v) is 14.0. The molecule has 1 saturated heterocycles. The van der Waals surface area contributed by atoms with Crippen LogP contribution >= 0.6 is 0 Å². The van der Waals surface area contributed by atoms with Gasteiger partial charge in [0.1, 0.15) is 0 Å². The topological polar surface area (TPSA) is 15.3 Å². The lowest BCUT2D eigenvalue weighted by atomic mass is 9.77. The van der Waals surface area contributed by atoms with E-state index in [-0.39, 0.29) is 0 Å². The molecule has 1 fully saturated rings. The van der Waals surface area contributed by atoms with Gasteiger partial charge in [-0.1, -0.05) is 47.5 Å². The number of likely N-dealkylation sites (tertiary alicyclic amines) is 1. The van der Waals surface area contributed by atoms with Crippen molar-refractivity contribution in [2.75, 3.05) is 32.7 Å². The van der Waals surface area contributed by atoms with Gasteiger partial charge in [-0.25, -0.2) is 0 Å². The largest absolute Gasteiger partial charge is 0.316 e. The summed E-state index contributed by atoms with van der Waals surface area (Å²) < 4.78 is 0. The van der Waals surface area contributed by atoms with Crippen LogP contribution in [0.15, 0.2) is 0 Å². The third kappa shape index (κ3) is 5.43. The molecule has 1 atom stereocenters. The van der Waals surface area contributed by atoms with Crippen LogP contribution in [-0.4, -0.2) is 37.6 Å². The smallest absolute Gasteiger partial charge is 0.00475 e. The number of hydrogen-bond donors (Lipinski definition) is 1. The SMILES string of the molecule is CCCC(C)(CNCC)CN1CCC(C)(CC)CC1. The first-order chi connectivity index (χ1) is 8.97. The molecule has 0 radical (unpaired) electrons. The molecular formula is C17H36N2. The zero-order chi connectivity index (χ0) is 14.4. The third-order valence-corrected chi connectivity index (χ3v) is 5.18. The molecule has 1 aliphatic heterocycles. The highest BCUT2D eigenvalue weighted by atomic mass is 15.1. The van der Waals surface area contributed by atoms with Gasteiger partial charge in [0, 0.05) is 13.1 Å². The number of nitrogens with one attached hydrogen (secondary N) is 1. The molecule has 0 bridgehead atoms. The van der Waals surface area contributed by atoms with Gasteiger partial charge in [-0.2, -0.15) is 0 Å². The lowest BCUT2D eigenvalue weighted by Crippen LogP contribution is -2.46. The molecule has 1 aliphatic rings. The van der Waals surface area contributed by atoms with Crippen LogP contribution < -0.4 is 5.32 Å². The summed E-state index contributed by atoms with van der Waals surface area (Å²) in [7, 11) is 0.